The number of carbonyl (C=O) groups is 1. The van der Waals surface area contributed by atoms with E-state index in [0.717, 1.165) is 0 Å². The monoisotopic (exact) mass is 272 g/mol. The van der Waals surface area contributed by atoms with E-state index >= 15 is 0 Å². The molecule has 5 heteroatoms. The number of benzene rings is 1. The summed E-state index contributed by atoms with van der Waals surface area (Å²) in [6.07, 6.45) is 0. The molecular formula is C10H13BrN2O2. The lowest BCUT2D eigenvalue weighted by atomic mass is 10.1. The Morgan fingerprint density at radius 3 is 2.87 bits per heavy atom. The van der Waals surface area contributed by atoms with Crippen LogP contribution in [0.25, 0.3) is 0 Å². The fourth-order valence-electron chi connectivity index (χ4n) is 1.18. The number of rotatable bonds is 3. The molecule has 3 N–H and O–H groups in total. The quantitative estimate of drug-likeness (QED) is 0.810. The van der Waals surface area contributed by atoms with Gasteiger partial charge in [-0.15, -0.1) is 0 Å². The Labute approximate surface area is 96.8 Å². The number of amides is 1. The predicted octanol–water partition coefficient (Wildman–Crippen LogP) is 1.10. The van der Waals surface area contributed by atoms with Crippen molar-refractivity contribution in [3.8, 4) is 0 Å². The Morgan fingerprint density at radius 1 is 1.60 bits per heavy atom. The summed E-state index contributed by atoms with van der Waals surface area (Å²) in [6.45, 7) is 0.237. The minimum Gasteiger partial charge on any atom is -0.397 e. The van der Waals surface area contributed by atoms with Gasteiger partial charge < -0.3 is 15.7 Å². The highest BCUT2D eigenvalue weighted by molar-refractivity contribution is 9.10. The summed E-state index contributed by atoms with van der Waals surface area (Å²) in [6, 6.07) is 5.19. The van der Waals surface area contributed by atoms with Gasteiger partial charge in [0.15, 0.2) is 0 Å². The van der Waals surface area contributed by atoms with Crippen LogP contribution in [0.5, 0.6) is 0 Å². The molecule has 0 saturated carbocycles. The van der Waals surface area contributed by atoms with Crippen molar-refractivity contribution in [2.45, 2.75) is 0 Å². The highest BCUT2D eigenvalue weighted by atomic mass is 79.9. The van der Waals surface area contributed by atoms with Crippen LogP contribution in [0.1, 0.15) is 10.4 Å². The first-order chi connectivity index (χ1) is 7.07. The number of aliphatic hydroxyl groups excluding tert-OH is 1. The van der Waals surface area contributed by atoms with Crippen LogP contribution in [0.2, 0.25) is 0 Å². The van der Waals surface area contributed by atoms with E-state index in [4.69, 9.17) is 10.8 Å². The van der Waals surface area contributed by atoms with E-state index in [2.05, 4.69) is 15.9 Å². The molecule has 0 radical (unpaired) electrons. The summed E-state index contributed by atoms with van der Waals surface area (Å²) < 4.78 is 0.700. The number of carbonyl (C=O) groups excluding carboxylic acids is 1. The van der Waals surface area contributed by atoms with Crippen molar-refractivity contribution in [1.29, 1.82) is 0 Å². The SMILES string of the molecule is CN(CCO)C(=O)c1cccc(Br)c1N. The predicted molar refractivity (Wildman–Crippen MR) is 62.6 cm³/mol. The molecule has 0 fully saturated rings. The molecule has 0 aliphatic heterocycles. The van der Waals surface area contributed by atoms with Gasteiger partial charge in [0.25, 0.3) is 5.91 Å². The summed E-state index contributed by atoms with van der Waals surface area (Å²) in [5, 5.41) is 8.72. The molecule has 1 rings (SSSR count). The number of anilines is 1. The fourth-order valence-corrected chi connectivity index (χ4v) is 1.55. The molecule has 1 aromatic rings. The molecule has 0 bridgehead atoms. The molecule has 0 spiro atoms. The van der Waals surface area contributed by atoms with E-state index in [-0.39, 0.29) is 12.5 Å². The normalized spacial score (nSPS) is 10.1. The Bertz CT molecular complexity index is 368. The lowest BCUT2D eigenvalue weighted by Crippen LogP contribution is -2.30. The van der Waals surface area contributed by atoms with E-state index in [1.165, 1.54) is 4.90 Å². The van der Waals surface area contributed by atoms with Gasteiger partial charge in [0.2, 0.25) is 0 Å². The molecule has 0 aliphatic rings. The van der Waals surface area contributed by atoms with Gasteiger partial charge in [-0.3, -0.25) is 4.79 Å². The van der Waals surface area contributed by atoms with E-state index in [0.29, 0.717) is 22.3 Å². The number of hydrogen-bond acceptors (Lipinski definition) is 3. The van der Waals surface area contributed by atoms with Crippen molar-refractivity contribution >= 4 is 27.5 Å². The molecule has 0 saturated heterocycles. The second-order valence-corrected chi connectivity index (χ2v) is 4.01. The van der Waals surface area contributed by atoms with Crippen LogP contribution in [0.3, 0.4) is 0 Å². The van der Waals surface area contributed by atoms with Gasteiger partial charge in [0.05, 0.1) is 17.9 Å². The molecule has 1 aromatic carbocycles. The fraction of sp³-hybridized carbons (Fsp3) is 0.300. The van der Waals surface area contributed by atoms with Crippen LogP contribution in [0.4, 0.5) is 5.69 Å². The molecule has 82 valence electrons. The van der Waals surface area contributed by atoms with Gasteiger partial charge in [0, 0.05) is 18.1 Å². The first-order valence-corrected chi connectivity index (χ1v) is 5.27. The van der Waals surface area contributed by atoms with Gasteiger partial charge in [-0.1, -0.05) is 6.07 Å². The number of nitrogens with two attached hydrogens (primary N) is 1. The average Bonchev–Trinajstić information content (AvgIpc) is 2.21. The van der Waals surface area contributed by atoms with Crippen molar-refractivity contribution in [1.82, 2.24) is 4.90 Å². The second-order valence-electron chi connectivity index (χ2n) is 3.15. The van der Waals surface area contributed by atoms with Crippen LogP contribution in [0, 0.1) is 0 Å². The van der Waals surface area contributed by atoms with Gasteiger partial charge in [0.1, 0.15) is 0 Å². The van der Waals surface area contributed by atoms with Gasteiger partial charge in [-0.05, 0) is 28.1 Å². The lowest BCUT2D eigenvalue weighted by Gasteiger charge is -2.17. The zero-order chi connectivity index (χ0) is 11.4. The van der Waals surface area contributed by atoms with Crippen molar-refractivity contribution in [3.05, 3.63) is 28.2 Å². The third kappa shape index (κ3) is 2.70. The van der Waals surface area contributed by atoms with E-state index in [1.807, 2.05) is 0 Å². The maximum atomic E-state index is 11.8. The van der Waals surface area contributed by atoms with Crippen molar-refractivity contribution in [2.75, 3.05) is 25.9 Å². The standard InChI is InChI=1S/C10H13BrN2O2/c1-13(5-6-14)10(15)7-3-2-4-8(11)9(7)12/h2-4,14H,5-6,12H2,1H3. The van der Waals surface area contributed by atoms with Gasteiger partial charge in [-0.25, -0.2) is 0 Å². The Balaban J connectivity index is 2.96. The number of para-hydroxylation sites is 1. The first kappa shape index (κ1) is 12.0. The summed E-state index contributed by atoms with van der Waals surface area (Å²) in [4.78, 5) is 13.3. The van der Waals surface area contributed by atoms with Crippen LogP contribution in [0.15, 0.2) is 22.7 Å². The lowest BCUT2D eigenvalue weighted by molar-refractivity contribution is 0.0768. The molecule has 4 nitrogen and oxygen atoms in total. The summed E-state index contributed by atoms with van der Waals surface area (Å²) in [7, 11) is 1.62. The molecule has 0 heterocycles. The summed E-state index contributed by atoms with van der Waals surface area (Å²) in [5.74, 6) is -0.192. The highest BCUT2D eigenvalue weighted by Crippen LogP contribution is 2.23. The van der Waals surface area contributed by atoms with Crippen molar-refractivity contribution in [3.63, 3.8) is 0 Å². The second kappa shape index (κ2) is 5.14. The van der Waals surface area contributed by atoms with Crippen LogP contribution in [-0.2, 0) is 0 Å². The summed E-state index contributed by atoms with van der Waals surface area (Å²) >= 11 is 3.26. The van der Waals surface area contributed by atoms with E-state index < -0.39 is 0 Å². The molecule has 0 unspecified atom stereocenters. The number of nitrogen functional groups attached to an aromatic ring is 1. The Hall–Kier alpha value is -1.07. The number of hydrogen-bond donors (Lipinski definition) is 2. The van der Waals surface area contributed by atoms with Gasteiger partial charge >= 0.3 is 0 Å². The zero-order valence-corrected chi connectivity index (χ0v) is 9.99. The largest absolute Gasteiger partial charge is 0.397 e. The third-order valence-corrected chi connectivity index (χ3v) is 2.76. The van der Waals surface area contributed by atoms with Crippen LogP contribution in [-0.4, -0.2) is 36.1 Å². The first-order valence-electron chi connectivity index (χ1n) is 4.48. The van der Waals surface area contributed by atoms with Crippen LogP contribution >= 0.6 is 15.9 Å². The van der Waals surface area contributed by atoms with Crippen LogP contribution < -0.4 is 5.73 Å². The number of likely N-dealkylation sites (N-methyl/N-ethyl adjacent to an activating group) is 1. The maximum Gasteiger partial charge on any atom is 0.255 e. The number of aliphatic hydroxyl groups is 1. The number of halogens is 1. The van der Waals surface area contributed by atoms with Crippen molar-refractivity contribution < 1.29 is 9.90 Å². The molecule has 0 atom stereocenters. The molecular weight excluding hydrogens is 260 g/mol. The maximum absolute atomic E-state index is 11.8. The van der Waals surface area contributed by atoms with E-state index in [9.17, 15) is 4.79 Å². The minimum atomic E-state index is -0.192. The molecule has 1 amide bonds. The Morgan fingerprint density at radius 2 is 2.27 bits per heavy atom. The third-order valence-electron chi connectivity index (χ3n) is 2.07. The molecule has 15 heavy (non-hydrogen) atoms. The summed E-state index contributed by atoms with van der Waals surface area (Å²) in [5.41, 5.74) is 6.63. The highest BCUT2D eigenvalue weighted by Gasteiger charge is 2.15. The zero-order valence-electron chi connectivity index (χ0n) is 8.40. The number of nitrogens with zero attached hydrogens (tertiary/aromatic N) is 1. The topological polar surface area (TPSA) is 66.6 Å². The minimum absolute atomic E-state index is 0.0594. The van der Waals surface area contributed by atoms with Crippen molar-refractivity contribution in [2.24, 2.45) is 0 Å². The molecule has 0 aliphatic carbocycles. The van der Waals surface area contributed by atoms with E-state index in [1.54, 1.807) is 25.2 Å². The van der Waals surface area contributed by atoms with Gasteiger partial charge in [-0.2, -0.15) is 0 Å². The smallest absolute Gasteiger partial charge is 0.255 e. The molecule has 0 aromatic heterocycles. The average molecular weight is 273 g/mol. The Kier molecular flexibility index (Phi) is 4.11.